The van der Waals surface area contributed by atoms with Crippen molar-refractivity contribution in [2.75, 3.05) is 18.0 Å². The molecular formula is C22H15ClN2O5. The van der Waals surface area contributed by atoms with Gasteiger partial charge in [-0.1, -0.05) is 41.6 Å². The molecule has 7 nitrogen and oxygen atoms in total. The molecule has 2 aromatic carbocycles. The molecule has 2 heterocycles. The normalized spacial score (nSPS) is 19.8. The fourth-order valence-electron chi connectivity index (χ4n) is 3.85. The summed E-state index contributed by atoms with van der Waals surface area (Å²) < 4.78 is 0. The van der Waals surface area contributed by atoms with Crippen molar-refractivity contribution in [3.63, 3.8) is 0 Å². The van der Waals surface area contributed by atoms with Crippen molar-refractivity contribution < 1.29 is 24.3 Å². The van der Waals surface area contributed by atoms with Gasteiger partial charge in [-0.2, -0.15) is 0 Å². The quantitative estimate of drug-likeness (QED) is 0.462. The molecule has 3 amide bonds. The highest BCUT2D eigenvalue weighted by atomic mass is 35.5. The molecule has 0 bridgehead atoms. The maximum Gasteiger partial charge on any atom is 0.323 e. The molecule has 1 N–H and O–H groups in total. The molecule has 4 rings (SSSR count). The average Bonchev–Trinajstić information content (AvgIpc) is 3.09. The van der Waals surface area contributed by atoms with Gasteiger partial charge >= 0.3 is 5.97 Å². The molecule has 1 spiro atoms. The number of fused-ring (bicyclic) bond motifs is 2. The Morgan fingerprint density at radius 3 is 2.47 bits per heavy atom. The SMILES string of the molecule is O=C(O)CN1C(=O)C2(CC(=O)N(CC#Cc3ccccc3)C2=O)c2cc(Cl)ccc21. The van der Waals surface area contributed by atoms with Gasteiger partial charge in [-0.25, -0.2) is 0 Å². The van der Waals surface area contributed by atoms with Crippen LogP contribution in [0.3, 0.4) is 0 Å². The van der Waals surface area contributed by atoms with Gasteiger partial charge in [0, 0.05) is 21.8 Å². The van der Waals surface area contributed by atoms with E-state index in [1.807, 2.05) is 18.2 Å². The van der Waals surface area contributed by atoms with Crippen molar-refractivity contribution in [3.8, 4) is 11.8 Å². The number of aliphatic carboxylic acids is 1. The van der Waals surface area contributed by atoms with Crippen LogP contribution in [0.25, 0.3) is 0 Å². The first-order chi connectivity index (χ1) is 14.3. The number of carbonyl (C=O) groups is 4. The van der Waals surface area contributed by atoms with Crippen LogP contribution in [0.1, 0.15) is 17.5 Å². The van der Waals surface area contributed by atoms with Gasteiger partial charge in [0.25, 0.3) is 5.91 Å². The third kappa shape index (κ3) is 3.02. The van der Waals surface area contributed by atoms with Gasteiger partial charge in [-0.05, 0) is 30.3 Å². The highest BCUT2D eigenvalue weighted by Crippen LogP contribution is 2.49. The summed E-state index contributed by atoms with van der Waals surface area (Å²) in [5.41, 5.74) is -0.558. The number of carboxylic acid groups (broad SMARTS) is 1. The van der Waals surface area contributed by atoms with E-state index in [-0.39, 0.29) is 29.2 Å². The molecule has 1 atom stereocenters. The molecule has 150 valence electrons. The van der Waals surface area contributed by atoms with E-state index in [1.54, 1.807) is 12.1 Å². The lowest BCUT2D eigenvalue weighted by atomic mass is 9.80. The Labute approximate surface area is 176 Å². The number of anilines is 1. The standard InChI is InChI=1S/C22H15ClN2O5/c23-15-8-9-17-16(11-15)22(21(30)25(17)13-19(27)28)12-18(26)24(20(22)29)10-4-7-14-5-2-1-3-6-14/h1-3,5-6,8-9,11H,10,12-13H2,(H,27,28). The van der Waals surface area contributed by atoms with E-state index in [1.165, 1.54) is 18.2 Å². The maximum absolute atomic E-state index is 13.3. The average molecular weight is 423 g/mol. The highest BCUT2D eigenvalue weighted by molar-refractivity contribution is 6.33. The van der Waals surface area contributed by atoms with Crippen molar-refractivity contribution in [3.05, 3.63) is 64.7 Å². The van der Waals surface area contributed by atoms with E-state index < -0.39 is 35.7 Å². The third-order valence-corrected chi connectivity index (χ3v) is 5.42. The Morgan fingerprint density at radius 2 is 1.77 bits per heavy atom. The first-order valence-electron chi connectivity index (χ1n) is 9.07. The van der Waals surface area contributed by atoms with E-state index in [0.29, 0.717) is 0 Å². The van der Waals surface area contributed by atoms with E-state index in [4.69, 9.17) is 11.6 Å². The number of benzene rings is 2. The van der Waals surface area contributed by atoms with E-state index >= 15 is 0 Å². The number of likely N-dealkylation sites (tertiary alicyclic amines) is 1. The predicted molar refractivity (Wildman–Crippen MR) is 108 cm³/mol. The van der Waals surface area contributed by atoms with Gasteiger partial charge in [0.2, 0.25) is 11.8 Å². The Kier molecular flexibility index (Phi) is 4.80. The fraction of sp³-hybridized carbons (Fsp3) is 0.182. The minimum absolute atomic E-state index is 0.170. The Hall–Kier alpha value is -3.63. The van der Waals surface area contributed by atoms with Gasteiger partial charge in [-0.15, -0.1) is 0 Å². The molecule has 1 saturated heterocycles. The largest absolute Gasteiger partial charge is 0.480 e. The molecule has 0 aliphatic carbocycles. The van der Waals surface area contributed by atoms with Crippen molar-refractivity contribution in [1.29, 1.82) is 0 Å². The lowest BCUT2D eigenvalue weighted by Gasteiger charge is -2.21. The molecule has 2 aliphatic rings. The van der Waals surface area contributed by atoms with Crippen molar-refractivity contribution in [1.82, 2.24) is 4.90 Å². The number of amides is 3. The summed E-state index contributed by atoms with van der Waals surface area (Å²) in [5, 5.41) is 9.48. The lowest BCUT2D eigenvalue weighted by Crippen LogP contribution is -2.47. The van der Waals surface area contributed by atoms with Gasteiger partial charge in [0.05, 0.1) is 13.0 Å². The first-order valence-corrected chi connectivity index (χ1v) is 9.45. The Balaban J connectivity index is 1.71. The molecule has 0 aromatic heterocycles. The molecular weight excluding hydrogens is 408 g/mol. The summed E-state index contributed by atoms with van der Waals surface area (Å²) in [4.78, 5) is 52.4. The second-order valence-corrected chi connectivity index (χ2v) is 7.42. The number of halogens is 1. The molecule has 0 radical (unpaired) electrons. The van der Waals surface area contributed by atoms with Gasteiger partial charge in [-0.3, -0.25) is 29.0 Å². The minimum Gasteiger partial charge on any atom is -0.480 e. The number of hydrogen-bond acceptors (Lipinski definition) is 4. The van der Waals surface area contributed by atoms with Crippen LogP contribution in [0.5, 0.6) is 0 Å². The summed E-state index contributed by atoms with van der Waals surface area (Å²) in [6, 6.07) is 13.5. The number of hydrogen-bond donors (Lipinski definition) is 1. The number of carbonyl (C=O) groups excluding carboxylic acids is 3. The van der Waals surface area contributed by atoms with Crippen molar-refractivity contribution >= 4 is 41.0 Å². The summed E-state index contributed by atoms with van der Waals surface area (Å²) >= 11 is 6.08. The highest BCUT2D eigenvalue weighted by Gasteiger charge is 2.63. The molecule has 1 fully saturated rings. The summed E-state index contributed by atoms with van der Waals surface area (Å²) in [7, 11) is 0. The summed E-state index contributed by atoms with van der Waals surface area (Å²) in [5.74, 6) is 2.45. The second kappa shape index (κ2) is 7.32. The van der Waals surface area contributed by atoms with Crippen LogP contribution in [0, 0.1) is 11.8 Å². The second-order valence-electron chi connectivity index (χ2n) is 6.98. The predicted octanol–water partition coefficient (Wildman–Crippen LogP) is 1.82. The third-order valence-electron chi connectivity index (χ3n) is 5.18. The topological polar surface area (TPSA) is 95.0 Å². The zero-order valence-corrected chi connectivity index (χ0v) is 16.3. The first kappa shape index (κ1) is 19.7. The molecule has 2 aromatic rings. The molecule has 0 saturated carbocycles. The zero-order chi connectivity index (χ0) is 21.5. The van der Waals surface area contributed by atoms with Crippen LogP contribution >= 0.6 is 11.6 Å². The van der Waals surface area contributed by atoms with Crippen molar-refractivity contribution in [2.24, 2.45) is 0 Å². The van der Waals surface area contributed by atoms with Crippen LogP contribution in [0.4, 0.5) is 5.69 Å². The molecule has 2 aliphatic heterocycles. The molecule has 8 heteroatoms. The smallest absolute Gasteiger partial charge is 0.323 e. The van der Waals surface area contributed by atoms with E-state index in [9.17, 15) is 24.3 Å². The zero-order valence-electron chi connectivity index (χ0n) is 15.6. The number of imide groups is 1. The van der Waals surface area contributed by atoms with Gasteiger partial charge in [0.15, 0.2) is 5.41 Å². The molecule has 30 heavy (non-hydrogen) atoms. The summed E-state index contributed by atoms with van der Waals surface area (Å²) in [6.07, 6.45) is -0.388. The van der Waals surface area contributed by atoms with Gasteiger partial charge in [0.1, 0.15) is 6.54 Å². The van der Waals surface area contributed by atoms with Crippen LogP contribution in [0.2, 0.25) is 5.02 Å². The van der Waals surface area contributed by atoms with Crippen molar-refractivity contribution in [2.45, 2.75) is 11.8 Å². The monoisotopic (exact) mass is 422 g/mol. The van der Waals surface area contributed by atoms with E-state index in [2.05, 4.69) is 11.8 Å². The maximum atomic E-state index is 13.3. The molecule has 1 unspecified atom stereocenters. The van der Waals surface area contributed by atoms with Crippen LogP contribution in [0.15, 0.2) is 48.5 Å². The minimum atomic E-state index is -1.80. The summed E-state index contributed by atoms with van der Waals surface area (Å²) in [6.45, 7) is -0.791. The van der Waals surface area contributed by atoms with Crippen LogP contribution in [-0.4, -0.2) is 46.8 Å². The van der Waals surface area contributed by atoms with Crippen LogP contribution in [-0.2, 0) is 24.6 Å². The van der Waals surface area contributed by atoms with E-state index in [0.717, 1.165) is 15.4 Å². The Morgan fingerprint density at radius 1 is 1.07 bits per heavy atom. The number of nitrogens with zero attached hydrogens (tertiary/aromatic N) is 2. The lowest BCUT2D eigenvalue weighted by molar-refractivity contribution is -0.142. The fourth-order valence-corrected chi connectivity index (χ4v) is 4.03. The Bertz CT molecular complexity index is 1150. The van der Waals surface area contributed by atoms with Gasteiger partial charge < -0.3 is 5.11 Å². The van der Waals surface area contributed by atoms with Crippen LogP contribution < -0.4 is 4.90 Å². The number of carboxylic acids is 1. The number of rotatable bonds is 3.